The lowest BCUT2D eigenvalue weighted by Crippen LogP contribution is -2.16. The van der Waals surface area contributed by atoms with Crippen molar-refractivity contribution < 1.29 is 4.84 Å². The Kier molecular flexibility index (Phi) is 1.37. The summed E-state index contributed by atoms with van der Waals surface area (Å²) in [5.74, 6) is 5.08. The van der Waals surface area contributed by atoms with E-state index < -0.39 is 0 Å². The van der Waals surface area contributed by atoms with Gasteiger partial charge in [0.05, 0.1) is 12.1 Å². The molecular weight excluding hydrogens is 162 g/mol. The Hall–Kier alpha value is -1.76. The van der Waals surface area contributed by atoms with Crippen molar-refractivity contribution in [2.24, 2.45) is 16.1 Å². The van der Waals surface area contributed by atoms with Gasteiger partial charge in [-0.3, -0.25) is 9.78 Å². The molecule has 0 unspecified atom stereocenters. The summed E-state index contributed by atoms with van der Waals surface area (Å²) in [6, 6.07) is -0.0559. The molecule has 0 amide bonds. The van der Waals surface area contributed by atoms with E-state index >= 15 is 0 Å². The van der Waals surface area contributed by atoms with E-state index in [0.29, 0.717) is 5.56 Å². The maximum atomic E-state index is 11.1. The molecular formula is C5H5N5O2. The smallest absolute Gasteiger partial charge is 0.318 e. The van der Waals surface area contributed by atoms with Crippen molar-refractivity contribution in [2.75, 3.05) is 0 Å². The zero-order valence-electron chi connectivity index (χ0n) is 5.94. The lowest BCUT2D eigenvalue weighted by molar-refractivity contribution is 0.305. The molecule has 0 aliphatic carbocycles. The number of azo groups is 1. The van der Waals surface area contributed by atoms with Crippen LogP contribution in [0.25, 0.3) is 0 Å². The normalized spacial score (nSPS) is 13.1. The third-order valence-electron chi connectivity index (χ3n) is 1.48. The second-order valence-electron chi connectivity index (χ2n) is 2.19. The van der Waals surface area contributed by atoms with Gasteiger partial charge in [0, 0.05) is 0 Å². The van der Waals surface area contributed by atoms with Crippen molar-refractivity contribution in [1.29, 1.82) is 0 Å². The monoisotopic (exact) mass is 167 g/mol. The van der Waals surface area contributed by atoms with Gasteiger partial charge in [0.2, 0.25) is 0 Å². The second kappa shape index (κ2) is 2.38. The molecule has 2 rings (SSSR count). The van der Waals surface area contributed by atoms with Crippen LogP contribution in [0.3, 0.4) is 0 Å². The third-order valence-corrected chi connectivity index (χ3v) is 1.48. The van der Waals surface area contributed by atoms with E-state index in [0.717, 1.165) is 0 Å². The summed E-state index contributed by atoms with van der Waals surface area (Å²) in [5.41, 5.74) is 0.126. The summed E-state index contributed by atoms with van der Waals surface area (Å²) < 4.78 is 0. The van der Waals surface area contributed by atoms with Crippen LogP contribution < -0.4 is 16.3 Å². The highest BCUT2D eigenvalue weighted by Crippen LogP contribution is 2.21. The van der Waals surface area contributed by atoms with E-state index in [2.05, 4.69) is 25.0 Å². The first kappa shape index (κ1) is 6.92. The SMILES string of the molecule is NOc1nc2c(c(=O)[nH]1)CN=N2. The summed E-state index contributed by atoms with van der Waals surface area (Å²) in [6.45, 7) is 0.266. The van der Waals surface area contributed by atoms with Crippen molar-refractivity contribution in [3.8, 4) is 6.01 Å². The first-order chi connectivity index (χ1) is 5.81. The van der Waals surface area contributed by atoms with Crippen LogP contribution in [0, 0.1) is 0 Å². The highest BCUT2D eigenvalue weighted by atomic mass is 16.6. The molecule has 0 aromatic carbocycles. The largest absolute Gasteiger partial charge is 0.373 e. The van der Waals surface area contributed by atoms with Crippen LogP contribution in [0.1, 0.15) is 5.56 Å². The van der Waals surface area contributed by atoms with Crippen molar-refractivity contribution in [1.82, 2.24) is 9.97 Å². The molecule has 0 radical (unpaired) electrons. The molecule has 7 nitrogen and oxygen atoms in total. The quantitative estimate of drug-likeness (QED) is 0.556. The number of aromatic nitrogens is 2. The Balaban J connectivity index is 2.64. The highest BCUT2D eigenvalue weighted by Gasteiger charge is 2.15. The summed E-state index contributed by atoms with van der Waals surface area (Å²) >= 11 is 0. The van der Waals surface area contributed by atoms with Crippen molar-refractivity contribution in [2.45, 2.75) is 6.54 Å². The topological polar surface area (TPSA) is 106 Å². The number of fused-ring (bicyclic) bond motifs is 1. The molecule has 62 valence electrons. The molecule has 12 heavy (non-hydrogen) atoms. The second-order valence-corrected chi connectivity index (χ2v) is 2.19. The summed E-state index contributed by atoms with van der Waals surface area (Å²) in [7, 11) is 0. The maximum absolute atomic E-state index is 11.1. The minimum Gasteiger partial charge on any atom is -0.373 e. The molecule has 0 atom stereocenters. The van der Waals surface area contributed by atoms with Crippen LogP contribution in [0.5, 0.6) is 6.01 Å². The molecule has 0 fully saturated rings. The molecule has 1 aromatic rings. The third kappa shape index (κ3) is 0.873. The number of nitrogens with one attached hydrogen (secondary N) is 1. The molecule has 0 spiro atoms. The number of nitrogens with two attached hydrogens (primary N) is 1. The fourth-order valence-electron chi connectivity index (χ4n) is 0.920. The Labute approximate surface area is 66.2 Å². The molecule has 0 saturated heterocycles. The molecule has 1 aromatic heterocycles. The fraction of sp³-hybridized carbons (Fsp3) is 0.200. The molecule has 0 saturated carbocycles. The highest BCUT2D eigenvalue weighted by molar-refractivity contribution is 5.39. The van der Waals surface area contributed by atoms with Crippen LogP contribution in [0.4, 0.5) is 5.82 Å². The molecule has 1 aliphatic rings. The Bertz CT molecular complexity index is 395. The van der Waals surface area contributed by atoms with E-state index in [-0.39, 0.29) is 23.9 Å². The summed E-state index contributed by atoms with van der Waals surface area (Å²) in [6.07, 6.45) is 0. The Morgan fingerprint density at radius 2 is 2.42 bits per heavy atom. The zero-order valence-corrected chi connectivity index (χ0v) is 5.94. The lowest BCUT2D eigenvalue weighted by Gasteiger charge is -1.97. The predicted molar refractivity (Wildman–Crippen MR) is 37.9 cm³/mol. The Morgan fingerprint density at radius 3 is 3.17 bits per heavy atom. The maximum Gasteiger partial charge on any atom is 0.318 e. The number of nitrogens with zero attached hydrogens (tertiary/aromatic N) is 3. The van der Waals surface area contributed by atoms with Crippen molar-refractivity contribution in [3.05, 3.63) is 15.9 Å². The molecule has 0 bridgehead atoms. The van der Waals surface area contributed by atoms with Crippen LogP contribution in [-0.4, -0.2) is 9.97 Å². The summed E-state index contributed by atoms with van der Waals surface area (Å²) in [5, 5.41) is 7.26. The van der Waals surface area contributed by atoms with Crippen molar-refractivity contribution in [3.63, 3.8) is 0 Å². The average Bonchev–Trinajstić information content (AvgIpc) is 2.52. The standard InChI is InChI=1S/C5H5N5O2/c6-12-5-8-3-2(1-7-10-3)4(11)9-5/h1,6H2,(H,8,9,11). The Morgan fingerprint density at radius 1 is 1.58 bits per heavy atom. The molecule has 2 heterocycles. The fourth-order valence-corrected chi connectivity index (χ4v) is 0.920. The van der Waals surface area contributed by atoms with Gasteiger partial charge in [-0.2, -0.15) is 16.0 Å². The number of hydrogen-bond donors (Lipinski definition) is 2. The van der Waals surface area contributed by atoms with Gasteiger partial charge in [-0.15, -0.1) is 5.11 Å². The van der Waals surface area contributed by atoms with E-state index in [1.54, 1.807) is 0 Å². The van der Waals surface area contributed by atoms with Gasteiger partial charge in [-0.25, -0.2) is 0 Å². The van der Waals surface area contributed by atoms with Crippen LogP contribution in [0.2, 0.25) is 0 Å². The van der Waals surface area contributed by atoms with E-state index in [4.69, 9.17) is 5.90 Å². The van der Waals surface area contributed by atoms with Gasteiger partial charge in [-0.1, -0.05) is 0 Å². The van der Waals surface area contributed by atoms with Gasteiger partial charge in [-0.05, 0) is 0 Å². The van der Waals surface area contributed by atoms with E-state index in [1.165, 1.54) is 0 Å². The number of hydrogen-bond acceptors (Lipinski definition) is 6. The molecule has 7 heteroatoms. The zero-order chi connectivity index (χ0) is 8.55. The first-order valence-corrected chi connectivity index (χ1v) is 3.18. The average molecular weight is 167 g/mol. The minimum atomic E-state index is -0.314. The minimum absolute atomic E-state index is 0.0559. The van der Waals surface area contributed by atoms with Gasteiger partial charge >= 0.3 is 6.01 Å². The van der Waals surface area contributed by atoms with Crippen molar-refractivity contribution >= 4 is 5.82 Å². The summed E-state index contributed by atoms with van der Waals surface area (Å²) in [4.78, 5) is 21.5. The van der Waals surface area contributed by atoms with Crippen LogP contribution >= 0.6 is 0 Å². The van der Waals surface area contributed by atoms with Gasteiger partial charge in [0.15, 0.2) is 5.82 Å². The van der Waals surface area contributed by atoms with Crippen LogP contribution in [0.15, 0.2) is 15.0 Å². The van der Waals surface area contributed by atoms with E-state index in [9.17, 15) is 4.79 Å². The molecule has 3 N–H and O–H groups in total. The molecule has 1 aliphatic heterocycles. The van der Waals surface area contributed by atoms with E-state index in [1.807, 2.05) is 0 Å². The van der Waals surface area contributed by atoms with Gasteiger partial charge < -0.3 is 4.84 Å². The first-order valence-electron chi connectivity index (χ1n) is 3.18. The number of rotatable bonds is 1. The number of aromatic amines is 1. The predicted octanol–water partition coefficient (Wildman–Crippen LogP) is -0.380. The van der Waals surface area contributed by atoms with Crippen LogP contribution in [-0.2, 0) is 6.54 Å². The number of H-pyrrole nitrogens is 1. The lowest BCUT2D eigenvalue weighted by atomic mass is 10.3. The van der Waals surface area contributed by atoms with Gasteiger partial charge in [0.25, 0.3) is 5.56 Å². The van der Waals surface area contributed by atoms with Gasteiger partial charge in [0.1, 0.15) is 0 Å².